The summed E-state index contributed by atoms with van der Waals surface area (Å²) in [5, 5.41) is 4.17. The zero-order valence-corrected chi connectivity index (χ0v) is 14.6. The van der Waals surface area contributed by atoms with E-state index in [1.807, 2.05) is 48.5 Å². The van der Waals surface area contributed by atoms with E-state index in [2.05, 4.69) is 6.07 Å². The minimum Gasteiger partial charge on any atom is -0.273 e. The summed E-state index contributed by atoms with van der Waals surface area (Å²) in [6.07, 6.45) is 0.265. The number of nitrogens with zero attached hydrogens (tertiary/aromatic N) is 2. The minimum atomic E-state index is -0.892. The van der Waals surface area contributed by atoms with Crippen LogP contribution in [0.1, 0.15) is 5.56 Å². The van der Waals surface area contributed by atoms with Crippen molar-refractivity contribution >= 4 is 39.4 Å². The number of barbiturate groups is 1. The fourth-order valence-electron chi connectivity index (χ4n) is 3.69. The van der Waals surface area contributed by atoms with Gasteiger partial charge in [0.25, 0.3) is 0 Å². The highest BCUT2D eigenvalue weighted by Gasteiger charge is 2.42. The van der Waals surface area contributed by atoms with Crippen LogP contribution < -0.4 is 0 Å². The molecule has 0 spiro atoms. The molecular weight excluding hydrogens is 328 g/mol. The van der Waals surface area contributed by atoms with Crippen LogP contribution in [0.4, 0.5) is 4.79 Å². The second-order valence-corrected chi connectivity index (χ2v) is 6.63. The number of rotatable bonds is 2. The molecule has 3 aromatic rings. The van der Waals surface area contributed by atoms with Gasteiger partial charge in [-0.15, -0.1) is 0 Å². The Morgan fingerprint density at radius 3 is 1.73 bits per heavy atom. The molecule has 5 nitrogen and oxygen atoms in total. The molecule has 1 fully saturated rings. The average molecular weight is 346 g/mol. The summed E-state index contributed by atoms with van der Waals surface area (Å²) in [5.74, 6) is -1.79. The van der Waals surface area contributed by atoms with E-state index in [0.29, 0.717) is 0 Å². The number of urea groups is 1. The van der Waals surface area contributed by atoms with Gasteiger partial charge in [-0.05, 0) is 39.6 Å². The van der Waals surface area contributed by atoms with Crippen LogP contribution in [0.3, 0.4) is 0 Å². The van der Waals surface area contributed by atoms with Crippen molar-refractivity contribution in [1.29, 1.82) is 0 Å². The summed E-state index contributed by atoms with van der Waals surface area (Å²) in [5.41, 5.74) is 0.960. The molecule has 1 heterocycles. The van der Waals surface area contributed by atoms with Crippen LogP contribution in [0.2, 0.25) is 0 Å². The molecule has 5 heteroatoms. The van der Waals surface area contributed by atoms with Gasteiger partial charge in [-0.25, -0.2) is 4.79 Å². The third-order valence-corrected chi connectivity index (χ3v) is 5.12. The summed E-state index contributed by atoms with van der Waals surface area (Å²) >= 11 is 0. The van der Waals surface area contributed by atoms with Gasteiger partial charge in [-0.3, -0.25) is 19.4 Å². The maximum Gasteiger partial charge on any atom is 0.332 e. The lowest BCUT2D eigenvalue weighted by Gasteiger charge is -2.33. The third kappa shape index (κ3) is 2.36. The fraction of sp³-hybridized carbons (Fsp3) is 0.190. The molecular formula is C21H18N2O3. The molecule has 3 aromatic carbocycles. The van der Waals surface area contributed by atoms with Crippen LogP contribution in [0.5, 0.6) is 0 Å². The molecule has 130 valence electrons. The highest BCUT2D eigenvalue weighted by molar-refractivity contribution is 6.16. The molecule has 0 saturated carbocycles. The molecule has 0 aliphatic carbocycles. The van der Waals surface area contributed by atoms with E-state index in [1.54, 1.807) is 0 Å². The van der Waals surface area contributed by atoms with E-state index in [4.69, 9.17) is 0 Å². The van der Waals surface area contributed by atoms with Crippen molar-refractivity contribution in [2.24, 2.45) is 5.92 Å². The Bertz CT molecular complexity index is 995. The van der Waals surface area contributed by atoms with E-state index in [9.17, 15) is 14.4 Å². The van der Waals surface area contributed by atoms with Crippen LogP contribution in [-0.2, 0) is 16.0 Å². The Morgan fingerprint density at radius 1 is 0.769 bits per heavy atom. The zero-order chi connectivity index (χ0) is 18.4. The molecule has 0 aromatic heterocycles. The molecule has 4 rings (SSSR count). The lowest BCUT2D eigenvalue weighted by molar-refractivity contribution is -0.147. The standard InChI is InChI=1S/C21H18N2O3/c1-22-19(24)18(20(25)23(2)21(22)26)12-17-15-9-5-3-7-13(15)11-14-8-4-6-10-16(14)17/h3-11,18H,12H2,1-2H3. The van der Waals surface area contributed by atoms with Crippen molar-refractivity contribution in [3.63, 3.8) is 0 Å². The van der Waals surface area contributed by atoms with Gasteiger partial charge < -0.3 is 0 Å². The molecule has 1 aliphatic heterocycles. The van der Waals surface area contributed by atoms with Gasteiger partial charge in [0.15, 0.2) is 0 Å². The molecule has 0 bridgehead atoms. The fourth-order valence-corrected chi connectivity index (χ4v) is 3.69. The monoisotopic (exact) mass is 346 g/mol. The van der Waals surface area contributed by atoms with E-state index < -0.39 is 23.8 Å². The minimum absolute atomic E-state index is 0.265. The second-order valence-electron chi connectivity index (χ2n) is 6.63. The zero-order valence-electron chi connectivity index (χ0n) is 14.6. The first-order valence-electron chi connectivity index (χ1n) is 8.47. The summed E-state index contributed by atoms with van der Waals surface area (Å²) < 4.78 is 0. The van der Waals surface area contributed by atoms with Gasteiger partial charge in [0, 0.05) is 14.1 Å². The summed E-state index contributed by atoms with van der Waals surface area (Å²) in [6.45, 7) is 0. The van der Waals surface area contributed by atoms with Crippen molar-refractivity contribution in [1.82, 2.24) is 9.80 Å². The van der Waals surface area contributed by atoms with Crippen molar-refractivity contribution in [2.75, 3.05) is 14.1 Å². The predicted octanol–water partition coefficient (Wildman–Crippen LogP) is 3.20. The Balaban J connectivity index is 1.89. The van der Waals surface area contributed by atoms with Crippen LogP contribution in [0.15, 0.2) is 54.6 Å². The average Bonchev–Trinajstić information content (AvgIpc) is 2.67. The van der Waals surface area contributed by atoms with Crippen molar-refractivity contribution < 1.29 is 14.4 Å². The number of benzene rings is 3. The first-order valence-corrected chi connectivity index (χ1v) is 8.47. The van der Waals surface area contributed by atoms with Gasteiger partial charge in [0.1, 0.15) is 5.92 Å². The van der Waals surface area contributed by atoms with Gasteiger partial charge in [0.05, 0.1) is 0 Å². The SMILES string of the molecule is CN1C(=O)C(Cc2c3ccccc3cc3ccccc23)C(=O)N(C)C1=O. The highest BCUT2D eigenvalue weighted by Crippen LogP contribution is 2.32. The van der Waals surface area contributed by atoms with E-state index in [-0.39, 0.29) is 6.42 Å². The van der Waals surface area contributed by atoms with Gasteiger partial charge in [0.2, 0.25) is 11.8 Å². The quantitative estimate of drug-likeness (QED) is 0.529. The number of fused-ring (bicyclic) bond motifs is 2. The van der Waals surface area contributed by atoms with Gasteiger partial charge >= 0.3 is 6.03 Å². The molecule has 0 radical (unpaired) electrons. The summed E-state index contributed by atoms with van der Waals surface area (Å²) in [6, 6.07) is 17.4. The Labute approximate surface area is 150 Å². The van der Waals surface area contributed by atoms with E-state index >= 15 is 0 Å². The molecule has 26 heavy (non-hydrogen) atoms. The number of amides is 4. The molecule has 4 amide bonds. The Morgan fingerprint density at radius 2 is 1.23 bits per heavy atom. The van der Waals surface area contributed by atoms with Crippen LogP contribution in [0.25, 0.3) is 21.5 Å². The van der Waals surface area contributed by atoms with Crippen LogP contribution in [0, 0.1) is 5.92 Å². The van der Waals surface area contributed by atoms with E-state index in [0.717, 1.165) is 36.9 Å². The first-order chi connectivity index (χ1) is 12.5. The molecule has 1 saturated heterocycles. The lowest BCUT2D eigenvalue weighted by atomic mass is 9.88. The predicted molar refractivity (Wildman–Crippen MR) is 99.6 cm³/mol. The maximum absolute atomic E-state index is 12.6. The lowest BCUT2D eigenvalue weighted by Crippen LogP contribution is -2.57. The van der Waals surface area contributed by atoms with Crippen LogP contribution >= 0.6 is 0 Å². The van der Waals surface area contributed by atoms with Crippen molar-refractivity contribution in [3.05, 3.63) is 60.2 Å². The number of carbonyl (C=O) groups excluding carboxylic acids is 3. The number of imide groups is 2. The smallest absolute Gasteiger partial charge is 0.273 e. The molecule has 0 atom stereocenters. The summed E-state index contributed by atoms with van der Waals surface area (Å²) in [7, 11) is 2.84. The van der Waals surface area contributed by atoms with E-state index in [1.165, 1.54) is 14.1 Å². The summed E-state index contributed by atoms with van der Waals surface area (Å²) in [4.78, 5) is 39.3. The number of carbonyl (C=O) groups is 3. The topological polar surface area (TPSA) is 57.7 Å². The van der Waals surface area contributed by atoms with Gasteiger partial charge in [-0.1, -0.05) is 48.5 Å². The highest BCUT2D eigenvalue weighted by atomic mass is 16.2. The number of hydrogen-bond acceptors (Lipinski definition) is 3. The maximum atomic E-state index is 12.6. The Kier molecular flexibility index (Phi) is 3.72. The molecule has 0 N–H and O–H groups in total. The molecule has 1 aliphatic rings. The van der Waals surface area contributed by atoms with Crippen molar-refractivity contribution in [2.45, 2.75) is 6.42 Å². The normalized spacial score (nSPS) is 16.2. The van der Waals surface area contributed by atoms with Crippen LogP contribution in [-0.4, -0.2) is 41.7 Å². The third-order valence-electron chi connectivity index (χ3n) is 5.12. The number of hydrogen-bond donors (Lipinski definition) is 0. The van der Waals surface area contributed by atoms with Gasteiger partial charge in [-0.2, -0.15) is 0 Å². The molecule has 0 unspecified atom stereocenters. The van der Waals surface area contributed by atoms with Crippen molar-refractivity contribution in [3.8, 4) is 0 Å². The largest absolute Gasteiger partial charge is 0.332 e. The first kappa shape index (κ1) is 16.3. The second kappa shape index (κ2) is 5.95. The Hall–Kier alpha value is -3.21.